The molecule has 2 aromatic carbocycles. The Labute approximate surface area is 141 Å². The van der Waals surface area contributed by atoms with E-state index in [1.54, 1.807) is 0 Å². The molecule has 0 aliphatic carbocycles. The van der Waals surface area contributed by atoms with Crippen LogP contribution in [0.2, 0.25) is 0 Å². The topological polar surface area (TPSA) is 64.6 Å². The van der Waals surface area contributed by atoms with Crippen molar-refractivity contribution in [3.05, 3.63) is 66.2 Å². The fourth-order valence-corrected chi connectivity index (χ4v) is 2.23. The third-order valence-corrected chi connectivity index (χ3v) is 3.48. The molecule has 1 amide bonds. The third-order valence-electron chi connectivity index (χ3n) is 3.48. The molecular formula is C19H21NO4. The van der Waals surface area contributed by atoms with Crippen molar-refractivity contribution < 1.29 is 19.1 Å². The van der Waals surface area contributed by atoms with Gasteiger partial charge in [0.15, 0.2) is 0 Å². The average molecular weight is 327 g/mol. The molecule has 1 unspecified atom stereocenters. The third kappa shape index (κ3) is 5.76. The molecular weight excluding hydrogens is 306 g/mol. The maximum absolute atomic E-state index is 12.1. The number of carbonyl (C=O) groups is 2. The molecule has 1 N–H and O–H groups in total. The Hall–Kier alpha value is -2.82. The van der Waals surface area contributed by atoms with Crippen LogP contribution in [0.25, 0.3) is 0 Å². The summed E-state index contributed by atoms with van der Waals surface area (Å²) in [6.45, 7) is 0.273. The quantitative estimate of drug-likeness (QED) is 0.757. The number of hydrogen-bond donors (Lipinski definition) is 1. The van der Waals surface area contributed by atoms with Gasteiger partial charge in [0, 0.05) is 0 Å². The van der Waals surface area contributed by atoms with Gasteiger partial charge < -0.3 is 14.8 Å². The molecule has 0 aliphatic heterocycles. The van der Waals surface area contributed by atoms with Crippen LogP contribution in [0.1, 0.15) is 24.4 Å². The van der Waals surface area contributed by atoms with E-state index in [0.29, 0.717) is 0 Å². The molecule has 5 heteroatoms. The molecule has 0 spiro atoms. The van der Waals surface area contributed by atoms with E-state index in [0.717, 1.165) is 11.3 Å². The molecule has 0 saturated carbocycles. The number of carbonyl (C=O) groups excluding carboxylic acids is 2. The lowest BCUT2D eigenvalue weighted by molar-refractivity contribution is -0.141. The van der Waals surface area contributed by atoms with Gasteiger partial charge in [-0.1, -0.05) is 48.5 Å². The lowest BCUT2D eigenvalue weighted by atomic mass is 10.0. The molecule has 2 aromatic rings. The van der Waals surface area contributed by atoms with Gasteiger partial charge in [0.2, 0.25) is 5.91 Å². The molecule has 24 heavy (non-hydrogen) atoms. The van der Waals surface area contributed by atoms with Gasteiger partial charge in [-0.2, -0.15) is 0 Å². The van der Waals surface area contributed by atoms with Crippen molar-refractivity contribution >= 4 is 11.9 Å². The lowest BCUT2D eigenvalue weighted by Crippen LogP contribution is -2.31. The number of rotatable bonds is 8. The highest BCUT2D eigenvalue weighted by atomic mass is 16.5. The van der Waals surface area contributed by atoms with Crippen LogP contribution in [0.4, 0.5) is 0 Å². The standard InChI is InChI=1S/C19H21NO4/c1-23-19(22)14-17(15-8-4-2-5-9-15)20-18(21)12-13-24-16-10-6-3-7-11-16/h2-11,17H,12-14H2,1H3,(H,20,21). The zero-order valence-corrected chi connectivity index (χ0v) is 13.6. The Bertz CT molecular complexity index is 643. The monoisotopic (exact) mass is 327 g/mol. The van der Waals surface area contributed by atoms with Gasteiger partial charge in [-0.3, -0.25) is 9.59 Å². The fraction of sp³-hybridized carbons (Fsp3) is 0.263. The van der Waals surface area contributed by atoms with Crippen molar-refractivity contribution in [3.63, 3.8) is 0 Å². The number of benzene rings is 2. The SMILES string of the molecule is COC(=O)CC(NC(=O)CCOc1ccccc1)c1ccccc1. The van der Waals surface area contributed by atoms with E-state index in [1.165, 1.54) is 7.11 Å². The number of ether oxygens (including phenoxy) is 2. The first-order chi connectivity index (χ1) is 11.7. The average Bonchev–Trinajstić information content (AvgIpc) is 2.62. The van der Waals surface area contributed by atoms with Crippen LogP contribution in [-0.4, -0.2) is 25.6 Å². The van der Waals surface area contributed by atoms with Crippen LogP contribution in [-0.2, 0) is 14.3 Å². The number of amides is 1. The minimum Gasteiger partial charge on any atom is -0.493 e. The van der Waals surface area contributed by atoms with Crippen molar-refractivity contribution in [1.82, 2.24) is 5.32 Å². The molecule has 0 saturated heterocycles. The van der Waals surface area contributed by atoms with E-state index in [1.807, 2.05) is 60.7 Å². The van der Waals surface area contributed by atoms with Crippen LogP contribution in [0, 0.1) is 0 Å². The summed E-state index contributed by atoms with van der Waals surface area (Å²) in [6.07, 6.45) is 0.297. The second-order valence-corrected chi connectivity index (χ2v) is 5.22. The number of hydrogen-bond acceptors (Lipinski definition) is 4. The highest BCUT2D eigenvalue weighted by molar-refractivity contribution is 5.78. The summed E-state index contributed by atoms with van der Waals surface area (Å²) in [5.74, 6) is 0.174. The summed E-state index contributed by atoms with van der Waals surface area (Å²) in [7, 11) is 1.33. The van der Waals surface area contributed by atoms with Crippen molar-refractivity contribution in [2.24, 2.45) is 0 Å². The first-order valence-corrected chi connectivity index (χ1v) is 7.78. The minimum absolute atomic E-state index is 0.0891. The Morgan fingerprint density at radius 2 is 1.62 bits per heavy atom. The molecule has 0 aromatic heterocycles. The molecule has 0 bridgehead atoms. The van der Waals surface area contributed by atoms with Crippen LogP contribution < -0.4 is 10.1 Å². The van der Waals surface area contributed by atoms with Gasteiger partial charge in [0.05, 0.1) is 32.6 Å². The normalized spacial score (nSPS) is 11.4. The van der Waals surface area contributed by atoms with E-state index in [-0.39, 0.29) is 31.3 Å². The van der Waals surface area contributed by atoms with E-state index >= 15 is 0 Å². The fourth-order valence-electron chi connectivity index (χ4n) is 2.23. The predicted octanol–water partition coefficient (Wildman–Crippen LogP) is 2.88. The van der Waals surface area contributed by atoms with Gasteiger partial charge in [-0.15, -0.1) is 0 Å². The second-order valence-electron chi connectivity index (χ2n) is 5.22. The lowest BCUT2D eigenvalue weighted by Gasteiger charge is -2.18. The summed E-state index contributed by atoms with van der Waals surface area (Å²) in [6, 6.07) is 18.3. The second kappa shape index (κ2) is 9.35. The largest absolute Gasteiger partial charge is 0.493 e. The summed E-state index contributed by atoms with van der Waals surface area (Å²) >= 11 is 0. The highest BCUT2D eigenvalue weighted by Crippen LogP contribution is 2.17. The van der Waals surface area contributed by atoms with Crippen molar-refractivity contribution in [3.8, 4) is 5.75 Å². The Balaban J connectivity index is 1.88. The van der Waals surface area contributed by atoms with Crippen LogP contribution in [0.3, 0.4) is 0 Å². The number of methoxy groups -OCH3 is 1. The zero-order chi connectivity index (χ0) is 17.2. The summed E-state index contributed by atoms with van der Waals surface area (Å²) in [4.78, 5) is 23.7. The number of esters is 1. The molecule has 0 heterocycles. The van der Waals surface area contributed by atoms with Crippen LogP contribution >= 0.6 is 0 Å². The first kappa shape index (κ1) is 17.5. The minimum atomic E-state index is -0.414. The van der Waals surface area contributed by atoms with Gasteiger partial charge in [-0.25, -0.2) is 0 Å². The molecule has 0 radical (unpaired) electrons. The zero-order valence-electron chi connectivity index (χ0n) is 13.6. The number of para-hydroxylation sites is 1. The van der Waals surface area contributed by atoms with E-state index < -0.39 is 6.04 Å². The van der Waals surface area contributed by atoms with Gasteiger partial charge in [-0.05, 0) is 17.7 Å². The maximum atomic E-state index is 12.1. The smallest absolute Gasteiger partial charge is 0.307 e. The summed E-state index contributed by atoms with van der Waals surface area (Å²) < 4.78 is 10.2. The molecule has 0 fully saturated rings. The van der Waals surface area contributed by atoms with Gasteiger partial charge in [0.1, 0.15) is 5.75 Å². The van der Waals surface area contributed by atoms with E-state index in [4.69, 9.17) is 9.47 Å². The first-order valence-electron chi connectivity index (χ1n) is 7.78. The highest BCUT2D eigenvalue weighted by Gasteiger charge is 2.18. The van der Waals surface area contributed by atoms with E-state index in [2.05, 4.69) is 5.32 Å². The summed E-state index contributed by atoms with van der Waals surface area (Å²) in [5.41, 5.74) is 0.861. The number of nitrogens with one attached hydrogen (secondary N) is 1. The molecule has 1 atom stereocenters. The van der Waals surface area contributed by atoms with Crippen LogP contribution in [0.5, 0.6) is 5.75 Å². The van der Waals surface area contributed by atoms with Gasteiger partial charge in [0.25, 0.3) is 0 Å². The maximum Gasteiger partial charge on any atom is 0.307 e. The van der Waals surface area contributed by atoms with E-state index in [9.17, 15) is 9.59 Å². The Morgan fingerprint density at radius 3 is 2.25 bits per heavy atom. The van der Waals surface area contributed by atoms with Gasteiger partial charge >= 0.3 is 5.97 Å². The molecule has 5 nitrogen and oxygen atoms in total. The van der Waals surface area contributed by atoms with Crippen LogP contribution in [0.15, 0.2) is 60.7 Å². The van der Waals surface area contributed by atoms with Crippen molar-refractivity contribution in [1.29, 1.82) is 0 Å². The van der Waals surface area contributed by atoms with Crippen molar-refractivity contribution in [2.45, 2.75) is 18.9 Å². The molecule has 126 valence electrons. The Kier molecular flexibility index (Phi) is 6.83. The summed E-state index contributed by atoms with van der Waals surface area (Å²) in [5, 5.41) is 2.87. The Morgan fingerprint density at radius 1 is 1.00 bits per heavy atom. The van der Waals surface area contributed by atoms with Crippen molar-refractivity contribution in [2.75, 3.05) is 13.7 Å². The predicted molar refractivity (Wildman–Crippen MR) is 90.5 cm³/mol. The molecule has 2 rings (SSSR count). The molecule has 0 aliphatic rings.